The smallest absolute Gasteiger partial charge is 0.228 e. The van der Waals surface area contributed by atoms with Gasteiger partial charge in [0.15, 0.2) is 5.96 Å². The van der Waals surface area contributed by atoms with Crippen molar-refractivity contribution in [3.8, 4) is 11.4 Å². The molecule has 0 fully saturated rings. The first-order valence-corrected chi connectivity index (χ1v) is 9.70. The molecule has 0 radical (unpaired) electrons. The summed E-state index contributed by atoms with van der Waals surface area (Å²) in [5.41, 5.74) is 0.874. The summed E-state index contributed by atoms with van der Waals surface area (Å²) in [6.07, 6.45) is 5.27. The van der Waals surface area contributed by atoms with Gasteiger partial charge in [0.2, 0.25) is 11.7 Å². The lowest BCUT2D eigenvalue weighted by Gasteiger charge is -2.10. The van der Waals surface area contributed by atoms with E-state index >= 15 is 0 Å². The normalized spacial score (nSPS) is 11.2. The van der Waals surface area contributed by atoms with E-state index in [0.29, 0.717) is 29.7 Å². The van der Waals surface area contributed by atoms with Gasteiger partial charge < -0.3 is 15.2 Å². The van der Waals surface area contributed by atoms with Crippen LogP contribution < -0.4 is 10.6 Å². The molecular formula is C19H25ClIN7O. The number of aryl methyl sites for hydroxylation is 1. The van der Waals surface area contributed by atoms with Gasteiger partial charge in [0.25, 0.3) is 0 Å². The van der Waals surface area contributed by atoms with Crippen LogP contribution in [-0.4, -0.2) is 45.5 Å². The van der Waals surface area contributed by atoms with Crippen LogP contribution in [0.1, 0.15) is 19.2 Å². The van der Waals surface area contributed by atoms with Crippen LogP contribution >= 0.6 is 35.6 Å². The summed E-state index contributed by atoms with van der Waals surface area (Å²) in [7, 11) is 0. The molecule has 0 bridgehead atoms. The highest BCUT2D eigenvalue weighted by Crippen LogP contribution is 2.18. The molecule has 1 aromatic carbocycles. The zero-order valence-corrected chi connectivity index (χ0v) is 19.3. The van der Waals surface area contributed by atoms with Crippen molar-refractivity contribution >= 4 is 41.5 Å². The Hall–Kier alpha value is -2.14. The summed E-state index contributed by atoms with van der Waals surface area (Å²) in [6.45, 7) is 5.05. The van der Waals surface area contributed by atoms with Gasteiger partial charge in [-0.1, -0.05) is 16.8 Å². The molecule has 0 aliphatic heterocycles. The summed E-state index contributed by atoms with van der Waals surface area (Å²) in [5.74, 6) is 1.92. The second-order valence-electron chi connectivity index (χ2n) is 6.08. The van der Waals surface area contributed by atoms with Crippen molar-refractivity contribution in [1.29, 1.82) is 0 Å². The van der Waals surface area contributed by atoms with Crippen LogP contribution in [0.3, 0.4) is 0 Å². The minimum Gasteiger partial charge on any atom is -0.357 e. The molecule has 0 spiro atoms. The molecule has 2 heterocycles. The van der Waals surface area contributed by atoms with Gasteiger partial charge in [0.1, 0.15) is 0 Å². The molecule has 0 saturated carbocycles. The minimum atomic E-state index is 0. The Morgan fingerprint density at radius 2 is 2.07 bits per heavy atom. The molecule has 0 saturated heterocycles. The Labute approximate surface area is 192 Å². The van der Waals surface area contributed by atoms with Crippen LogP contribution in [-0.2, 0) is 13.0 Å². The number of nitrogens with zero attached hydrogens (tertiary/aromatic N) is 5. The summed E-state index contributed by atoms with van der Waals surface area (Å²) >= 11 is 5.91. The molecule has 3 aromatic rings. The Morgan fingerprint density at radius 1 is 1.24 bits per heavy atom. The van der Waals surface area contributed by atoms with Gasteiger partial charge in [-0.2, -0.15) is 10.1 Å². The molecule has 2 aromatic heterocycles. The fourth-order valence-corrected chi connectivity index (χ4v) is 2.68. The first kappa shape index (κ1) is 23.1. The van der Waals surface area contributed by atoms with E-state index in [9.17, 15) is 0 Å². The van der Waals surface area contributed by atoms with Crippen LogP contribution in [0, 0.1) is 0 Å². The highest BCUT2D eigenvalue weighted by molar-refractivity contribution is 14.0. The predicted molar refractivity (Wildman–Crippen MR) is 125 cm³/mol. The molecular weight excluding hydrogens is 505 g/mol. The largest absolute Gasteiger partial charge is 0.357 e. The molecule has 3 rings (SSSR count). The van der Waals surface area contributed by atoms with E-state index in [-0.39, 0.29) is 24.0 Å². The van der Waals surface area contributed by atoms with E-state index in [1.165, 1.54) is 0 Å². The SMILES string of the molecule is CCNC(=NCCCn1cccn1)NCCc1nc(-c2ccc(Cl)cc2)no1.I. The van der Waals surface area contributed by atoms with Crippen molar-refractivity contribution in [2.75, 3.05) is 19.6 Å². The maximum Gasteiger partial charge on any atom is 0.228 e. The van der Waals surface area contributed by atoms with Crippen LogP contribution in [0.2, 0.25) is 5.02 Å². The second kappa shape index (κ2) is 12.4. The Morgan fingerprint density at radius 3 is 2.79 bits per heavy atom. The fourth-order valence-electron chi connectivity index (χ4n) is 2.56. The lowest BCUT2D eigenvalue weighted by Crippen LogP contribution is -2.38. The molecule has 0 aliphatic rings. The Balaban J connectivity index is 0.00000300. The summed E-state index contributed by atoms with van der Waals surface area (Å²) in [6, 6.07) is 9.27. The van der Waals surface area contributed by atoms with Gasteiger partial charge >= 0.3 is 0 Å². The van der Waals surface area contributed by atoms with Crippen molar-refractivity contribution in [1.82, 2.24) is 30.6 Å². The van der Waals surface area contributed by atoms with Gasteiger partial charge in [-0.25, -0.2) is 0 Å². The van der Waals surface area contributed by atoms with E-state index in [1.807, 2.05) is 36.0 Å². The Kier molecular flexibility index (Phi) is 9.92. The Bertz CT molecular complexity index is 865. The third kappa shape index (κ3) is 7.65. The van der Waals surface area contributed by atoms with E-state index < -0.39 is 0 Å². The van der Waals surface area contributed by atoms with Crippen LogP contribution in [0.15, 0.2) is 52.2 Å². The summed E-state index contributed by atoms with van der Waals surface area (Å²) in [4.78, 5) is 9.01. The number of hydrogen-bond acceptors (Lipinski definition) is 5. The van der Waals surface area contributed by atoms with E-state index in [1.54, 1.807) is 18.3 Å². The molecule has 8 nitrogen and oxygen atoms in total. The van der Waals surface area contributed by atoms with Gasteiger partial charge in [-0.3, -0.25) is 9.67 Å². The number of guanidine groups is 1. The zero-order chi connectivity index (χ0) is 19.6. The second-order valence-corrected chi connectivity index (χ2v) is 6.52. The van der Waals surface area contributed by atoms with Gasteiger partial charge in [0.05, 0.1) is 0 Å². The van der Waals surface area contributed by atoms with E-state index in [2.05, 4.69) is 30.9 Å². The fraction of sp³-hybridized carbons (Fsp3) is 0.368. The van der Waals surface area contributed by atoms with Crippen molar-refractivity contribution in [2.24, 2.45) is 4.99 Å². The summed E-state index contributed by atoms with van der Waals surface area (Å²) in [5, 5.41) is 15.4. The molecule has 0 atom stereocenters. The van der Waals surface area contributed by atoms with Crippen LogP contribution in [0.5, 0.6) is 0 Å². The summed E-state index contributed by atoms with van der Waals surface area (Å²) < 4.78 is 7.23. The first-order valence-electron chi connectivity index (χ1n) is 9.32. The third-order valence-corrected chi connectivity index (χ3v) is 4.17. The minimum absolute atomic E-state index is 0. The quantitative estimate of drug-likeness (QED) is 0.191. The van der Waals surface area contributed by atoms with Crippen LogP contribution in [0.4, 0.5) is 0 Å². The van der Waals surface area contributed by atoms with Crippen molar-refractivity contribution in [2.45, 2.75) is 26.3 Å². The van der Waals surface area contributed by atoms with Gasteiger partial charge in [0, 0.05) is 55.6 Å². The number of rotatable bonds is 9. The van der Waals surface area contributed by atoms with Crippen molar-refractivity contribution in [3.05, 3.63) is 53.6 Å². The highest BCUT2D eigenvalue weighted by atomic mass is 127. The third-order valence-electron chi connectivity index (χ3n) is 3.92. The molecule has 29 heavy (non-hydrogen) atoms. The lowest BCUT2D eigenvalue weighted by molar-refractivity contribution is 0.378. The van der Waals surface area contributed by atoms with Gasteiger partial charge in [-0.05, 0) is 43.7 Å². The molecule has 0 unspecified atom stereocenters. The lowest BCUT2D eigenvalue weighted by atomic mass is 10.2. The molecule has 156 valence electrons. The maximum atomic E-state index is 5.91. The molecule has 0 aliphatic carbocycles. The monoisotopic (exact) mass is 529 g/mol. The van der Waals surface area contributed by atoms with Crippen LogP contribution in [0.25, 0.3) is 11.4 Å². The van der Waals surface area contributed by atoms with E-state index in [4.69, 9.17) is 16.1 Å². The number of hydrogen-bond donors (Lipinski definition) is 2. The maximum absolute atomic E-state index is 5.91. The highest BCUT2D eigenvalue weighted by Gasteiger charge is 2.08. The topological polar surface area (TPSA) is 93.2 Å². The average molecular weight is 530 g/mol. The van der Waals surface area contributed by atoms with Gasteiger partial charge in [-0.15, -0.1) is 24.0 Å². The van der Waals surface area contributed by atoms with Crippen molar-refractivity contribution < 1.29 is 4.52 Å². The first-order chi connectivity index (χ1) is 13.7. The number of aliphatic imine (C=N–C) groups is 1. The predicted octanol–water partition coefficient (Wildman–Crippen LogP) is 3.39. The van der Waals surface area contributed by atoms with Crippen molar-refractivity contribution in [3.63, 3.8) is 0 Å². The molecule has 0 amide bonds. The number of halogens is 2. The number of aromatic nitrogens is 4. The molecule has 2 N–H and O–H groups in total. The zero-order valence-electron chi connectivity index (χ0n) is 16.2. The van der Waals surface area contributed by atoms with E-state index in [0.717, 1.165) is 37.6 Å². The standard InChI is InChI=1S/C19H24ClN7O.HI/c1-2-21-19(22-10-3-13-27-14-4-11-24-27)23-12-9-17-25-18(26-28-17)15-5-7-16(20)8-6-15;/h4-8,11,14H,2-3,9-10,12-13H2,1H3,(H2,21,22,23);1H. The molecule has 10 heteroatoms. The average Bonchev–Trinajstić information content (AvgIpc) is 3.38. The number of benzene rings is 1. The number of nitrogens with one attached hydrogen (secondary N) is 2.